The van der Waals surface area contributed by atoms with Gasteiger partial charge in [-0.25, -0.2) is 0 Å². The average Bonchev–Trinajstić information content (AvgIpc) is 3.19. The van der Waals surface area contributed by atoms with Gasteiger partial charge in [0.25, 0.3) is 0 Å². The Balaban J connectivity index is 3.22. The lowest BCUT2D eigenvalue weighted by atomic mass is 9.87. The Morgan fingerprint density at radius 3 is 1.90 bits per heavy atom. The molecule has 0 heterocycles. The first-order chi connectivity index (χ1) is 18.9. The third-order valence-electron chi connectivity index (χ3n) is 7.40. The third-order valence-corrected chi connectivity index (χ3v) is 7.40. The van der Waals surface area contributed by atoms with E-state index >= 15 is 0 Å². The van der Waals surface area contributed by atoms with Gasteiger partial charge in [0.1, 0.15) is 18.3 Å². The van der Waals surface area contributed by atoms with Gasteiger partial charge in [-0.3, -0.25) is 19.2 Å². The maximum Gasteiger partial charge on any atom is 0.308 e. The number of unbranched alkanes of at least 4 members (excludes halogenated alkanes) is 5. The highest BCUT2D eigenvalue weighted by molar-refractivity contribution is 5.73. The Kier molecular flexibility index (Phi) is 16.8. The fourth-order valence-electron chi connectivity index (χ4n) is 4.90. The van der Waals surface area contributed by atoms with Crippen molar-refractivity contribution >= 4 is 23.9 Å². The Morgan fingerprint density at radius 2 is 1.35 bits per heavy atom. The minimum atomic E-state index is -0.789. The number of esters is 3. The van der Waals surface area contributed by atoms with Crippen molar-refractivity contribution in [3.63, 3.8) is 0 Å². The van der Waals surface area contributed by atoms with Gasteiger partial charge in [0, 0.05) is 24.7 Å². The second-order valence-electron chi connectivity index (χ2n) is 12.1. The van der Waals surface area contributed by atoms with E-state index in [9.17, 15) is 19.2 Å². The fourth-order valence-corrected chi connectivity index (χ4v) is 4.90. The van der Waals surface area contributed by atoms with E-state index in [2.05, 4.69) is 6.92 Å². The van der Waals surface area contributed by atoms with E-state index in [1.54, 1.807) is 27.7 Å². The van der Waals surface area contributed by atoms with Crippen LogP contribution in [-0.2, 0) is 33.4 Å². The molecule has 0 saturated heterocycles. The molecular weight excluding hydrogens is 512 g/mol. The lowest BCUT2D eigenvalue weighted by Crippen LogP contribution is -2.28. The molecule has 5 atom stereocenters. The van der Waals surface area contributed by atoms with Crippen molar-refractivity contribution in [1.29, 1.82) is 0 Å². The van der Waals surface area contributed by atoms with Crippen molar-refractivity contribution in [3.05, 3.63) is 12.2 Å². The quantitative estimate of drug-likeness (QED) is 0.0778. The van der Waals surface area contributed by atoms with Crippen molar-refractivity contribution in [2.24, 2.45) is 29.6 Å². The first-order valence-corrected chi connectivity index (χ1v) is 15.4. The van der Waals surface area contributed by atoms with Crippen molar-refractivity contribution in [1.82, 2.24) is 0 Å². The topological polar surface area (TPSA) is 116 Å². The second-order valence-corrected chi connectivity index (χ2v) is 12.1. The molecule has 40 heavy (non-hydrogen) atoms. The standard InChI is InChI=1S/C32H54O8/c1-8-9-12-15-24(38-30(35)21(2)3)18-19-26-25(16-13-10-11-14-17-29(33)34)27(39-31(36)22(4)5)20-28(26)40-32(37)23(6)7/h18-19,21-28H,8-17,20H2,1-7H3,(H,33,34)/b19-18+. The van der Waals surface area contributed by atoms with Crippen LogP contribution in [0.5, 0.6) is 0 Å². The molecule has 0 bridgehead atoms. The van der Waals surface area contributed by atoms with Gasteiger partial charge in [-0.15, -0.1) is 0 Å². The molecule has 1 fully saturated rings. The van der Waals surface area contributed by atoms with Gasteiger partial charge in [-0.2, -0.15) is 0 Å². The molecule has 5 unspecified atom stereocenters. The van der Waals surface area contributed by atoms with Crippen molar-refractivity contribution in [2.45, 2.75) is 137 Å². The van der Waals surface area contributed by atoms with E-state index in [4.69, 9.17) is 19.3 Å². The first kappa shape index (κ1) is 35.6. The predicted molar refractivity (Wildman–Crippen MR) is 154 cm³/mol. The lowest BCUT2D eigenvalue weighted by Gasteiger charge is -2.26. The highest BCUT2D eigenvalue weighted by Crippen LogP contribution is 2.41. The summed E-state index contributed by atoms with van der Waals surface area (Å²) in [6, 6.07) is 0. The van der Waals surface area contributed by atoms with E-state index < -0.39 is 18.2 Å². The number of hydrogen-bond acceptors (Lipinski definition) is 7. The minimum absolute atomic E-state index is 0.0690. The van der Waals surface area contributed by atoms with Crippen LogP contribution in [0.25, 0.3) is 0 Å². The van der Waals surface area contributed by atoms with Crippen molar-refractivity contribution in [3.8, 4) is 0 Å². The Labute approximate surface area is 241 Å². The molecule has 1 aliphatic carbocycles. The van der Waals surface area contributed by atoms with Gasteiger partial charge >= 0.3 is 23.9 Å². The van der Waals surface area contributed by atoms with Gasteiger partial charge in [-0.05, 0) is 31.8 Å². The van der Waals surface area contributed by atoms with Crippen LogP contribution >= 0.6 is 0 Å². The molecule has 0 radical (unpaired) electrons. The second kappa shape index (κ2) is 18.9. The van der Waals surface area contributed by atoms with Gasteiger partial charge in [-0.1, -0.05) is 86.6 Å². The van der Waals surface area contributed by atoms with Crippen LogP contribution < -0.4 is 0 Å². The monoisotopic (exact) mass is 566 g/mol. The van der Waals surface area contributed by atoms with Crippen LogP contribution in [0, 0.1) is 29.6 Å². The minimum Gasteiger partial charge on any atom is -0.481 e. The Bertz CT molecular complexity index is 816. The highest BCUT2D eigenvalue weighted by Gasteiger charge is 2.46. The average molecular weight is 567 g/mol. The zero-order valence-electron chi connectivity index (χ0n) is 25.9. The van der Waals surface area contributed by atoms with Crippen LogP contribution in [0.4, 0.5) is 0 Å². The summed E-state index contributed by atoms with van der Waals surface area (Å²) in [5.74, 6) is -2.67. The summed E-state index contributed by atoms with van der Waals surface area (Å²) < 4.78 is 17.7. The Morgan fingerprint density at radius 1 is 0.775 bits per heavy atom. The predicted octanol–water partition coefficient (Wildman–Crippen LogP) is 6.89. The summed E-state index contributed by atoms with van der Waals surface area (Å²) >= 11 is 0. The summed E-state index contributed by atoms with van der Waals surface area (Å²) in [7, 11) is 0. The summed E-state index contributed by atoms with van der Waals surface area (Å²) in [4.78, 5) is 48.5. The van der Waals surface area contributed by atoms with Gasteiger partial charge in [0.15, 0.2) is 0 Å². The third kappa shape index (κ3) is 13.3. The number of carbonyl (C=O) groups excluding carboxylic acids is 3. The summed E-state index contributed by atoms with van der Waals surface area (Å²) in [6.45, 7) is 12.9. The van der Waals surface area contributed by atoms with Gasteiger partial charge < -0.3 is 19.3 Å². The van der Waals surface area contributed by atoms with E-state index in [0.29, 0.717) is 19.3 Å². The molecule has 1 aliphatic rings. The number of carbonyl (C=O) groups is 4. The fraction of sp³-hybridized carbons (Fsp3) is 0.812. The molecule has 8 nitrogen and oxygen atoms in total. The van der Waals surface area contributed by atoms with Crippen molar-refractivity contribution < 1.29 is 38.5 Å². The van der Waals surface area contributed by atoms with Gasteiger partial charge in [0.2, 0.25) is 0 Å². The molecule has 1 rings (SSSR count). The summed E-state index contributed by atoms with van der Waals surface area (Å²) in [5, 5.41) is 8.91. The number of aliphatic carboxylic acids is 1. The van der Waals surface area contributed by atoms with Crippen LogP contribution in [-0.4, -0.2) is 47.3 Å². The molecular formula is C32H54O8. The van der Waals surface area contributed by atoms with Crippen LogP contribution in [0.15, 0.2) is 12.2 Å². The molecule has 8 heteroatoms. The molecule has 1 N–H and O–H groups in total. The number of carboxylic acids is 1. The molecule has 230 valence electrons. The maximum absolute atomic E-state index is 12.6. The zero-order chi connectivity index (χ0) is 30.2. The largest absolute Gasteiger partial charge is 0.481 e. The van der Waals surface area contributed by atoms with E-state index in [1.165, 1.54) is 0 Å². The molecule has 0 aromatic rings. The Hall–Kier alpha value is -2.38. The molecule has 0 aromatic carbocycles. The smallest absolute Gasteiger partial charge is 0.308 e. The van der Waals surface area contributed by atoms with E-state index in [1.807, 2.05) is 26.0 Å². The maximum atomic E-state index is 12.6. The van der Waals surface area contributed by atoms with E-state index in [0.717, 1.165) is 44.9 Å². The normalized spacial score (nSPS) is 21.8. The molecule has 0 spiro atoms. The molecule has 0 aliphatic heterocycles. The summed E-state index contributed by atoms with van der Waals surface area (Å²) in [6.07, 6.45) is 10.9. The van der Waals surface area contributed by atoms with Crippen molar-refractivity contribution in [2.75, 3.05) is 0 Å². The van der Waals surface area contributed by atoms with Crippen LogP contribution in [0.1, 0.15) is 119 Å². The number of ether oxygens (including phenoxy) is 3. The number of hydrogen-bond donors (Lipinski definition) is 1. The molecule has 0 aromatic heterocycles. The molecule has 0 amide bonds. The SMILES string of the molecule is CCCCCC(/C=C/C1C(OC(=O)C(C)C)CC(OC(=O)C(C)C)C1CCCCCCC(=O)O)OC(=O)C(C)C. The lowest BCUT2D eigenvalue weighted by molar-refractivity contribution is -0.156. The van der Waals surface area contributed by atoms with Crippen LogP contribution in [0.3, 0.4) is 0 Å². The number of rotatable bonds is 19. The summed E-state index contributed by atoms with van der Waals surface area (Å²) in [5.41, 5.74) is 0. The van der Waals surface area contributed by atoms with Crippen LogP contribution in [0.2, 0.25) is 0 Å². The number of carboxylic acid groups (broad SMARTS) is 1. The first-order valence-electron chi connectivity index (χ1n) is 15.4. The molecule has 1 saturated carbocycles. The van der Waals surface area contributed by atoms with Gasteiger partial charge in [0.05, 0.1) is 17.8 Å². The van der Waals surface area contributed by atoms with E-state index in [-0.39, 0.29) is 60.0 Å². The highest BCUT2D eigenvalue weighted by atomic mass is 16.6. The zero-order valence-corrected chi connectivity index (χ0v) is 25.9.